The summed E-state index contributed by atoms with van der Waals surface area (Å²) in [4.78, 5) is 11.7. The summed E-state index contributed by atoms with van der Waals surface area (Å²) in [5.41, 5.74) is 5.72. The van der Waals surface area contributed by atoms with E-state index in [1.165, 1.54) is 68.1 Å². The highest BCUT2D eigenvalue weighted by molar-refractivity contribution is 5.86. The van der Waals surface area contributed by atoms with Gasteiger partial charge in [-0.1, -0.05) is 74.9 Å². The lowest BCUT2D eigenvalue weighted by Gasteiger charge is -2.29. The van der Waals surface area contributed by atoms with E-state index in [1.54, 1.807) is 6.92 Å². The third kappa shape index (κ3) is 7.30. The number of rotatable bonds is 11. The van der Waals surface area contributed by atoms with Crippen LogP contribution < -0.4 is 0 Å². The summed E-state index contributed by atoms with van der Waals surface area (Å²) < 4.78 is 5.24. The van der Waals surface area contributed by atoms with Crippen molar-refractivity contribution in [3.8, 4) is 0 Å². The third-order valence-electron chi connectivity index (χ3n) is 7.11. The van der Waals surface area contributed by atoms with Gasteiger partial charge in [0, 0.05) is 11.5 Å². The highest BCUT2D eigenvalue weighted by atomic mass is 16.5. The van der Waals surface area contributed by atoms with Crippen LogP contribution in [0.2, 0.25) is 0 Å². The Labute approximate surface area is 199 Å². The van der Waals surface area contributed by atoms with Crippen LogP contribution in [0.5, 0.6) is 0 Å². The van der Waals surface area contributed by atoms with Crippen molar-refractivity contribution in [2.24, 2.45) is 0 Å². The molecule has 33 heavy (non-hydrogen) atoms. The minimum Gasteiger partial charge on any atom is -0.462 e. The number of hydrogen-bond acceptors (Lipinski definition) is 3. The zero-order valence-electron chi connectivity index (χ0n) is 20.4. The van der Waals surface area contributed by atoms with E-state index < -0.39 is 5.97 Å². The number of aryl methyl sites for hydroxylation is 1. The van der Waals surface area contributed by atoms with E-state index in [0.29, 0.717) is 17.4 Å². The highest BCUT2D eigenvalue weighted by Gasteiger charge is 2.24. The molecule has 0 aliphatic heterocycles. The molecule has 0 radical (unpaired) electrons. The van der Waals surface area contributed by atoms with Crippen LogP contribution in [0.25, 0.3) is 0 Å². The Balaban J connectivity index is 1.51. The van der Waals surface area contributed by atoms with Gasteiger partial charge in [0.15, 0.2) is 0 Å². The lowest BCUT2D eigenvalue weighted by atomic mass is 9.76. The standard InChI is InChI=1S/C30H40O3/c1-4-5-6-7-23-8-10-24(11-9-23)25-12-14-26(15-13-25)27-16-18-28(19-17-27)29(20-31)21-33-30(32)22(2)3/h8-11,16-19,25-26,29,31H,2,4-7,12-15,20-21H2,1,3H3. The molecule has 1 saturated carbocycles. The Morgan fingerprint density at radius 2 is 1.52 bits per heavy atom. The van der Waals surface area contributed by atoms with Gasteiger partial charge in [-0.2, -0.15) is 0 Å². The number of esters is 1. The molecule has 3 heteroatoms. The van der Waals surface area contributed by atoms with Gasteiger partial charge in [-0.15, -0.1) is 0 Å². The lowest BCUT2D eigenvalue weighted by Crippen LogP contribution is -2.16. The summed E-state index contributed by atoms with van der Waals surface area (Å²) >= 11 is 0. The number of carbonyl (C=O) groups is 1. The fourth-order valence-electron chi connectivity index (χ4n) is 4.89. The molecule has 3 nitrogen and oxygen atoms in total. The molecule has 1 aliphatic rings. The Hall–Kier alpha value is -2.39. The van der Waals surface area contributed by atoms with Gasteiger partial charge in [0.2, 0.25) is 0 Å². The summed E-state index contributed by atoms with van der Waals surface area (Å²) in [5, 5.41) is 9.74. The SMILES string of the molecule is C=C(C)C(=O)OCC(CO)c1ccc(C2CCC(c3ccc(CCCCC)cc3)CC2)cc1. The second-order valence-corrected chi connectivity index (χ2v) is 9.67. The van der Waals surface area contributed by atoms with Crippen LogP contribution in [0.15, 0.2) is 60.7 Å². The highest BCUT2D eigenvalue weighted by Crippen LogP contribution is 2.40. The van der Waals surface area contributed by atoms with E-state index in [-0.39, 0.29) is 19.1 Å². The third-order valence-corrected chi connectivity index (χ3v) is 7.11. The smallest absolute Gasteiger partial charge is 0.333 e. The molecule has 0 spiro atoms. The van der Waals surface area contributed by atoms with Gasteiger partial charge in [0.05, 0.1) is 6.61 Å². The quantitative estimate of drug-likeness (QED) is 0.227. The molecule has 178 valence electrons. The second-order valence-electron chi connectivity index (χ2n) is 9.67. The first-order chi connectivity index (χ1) is 16.0. The largest absolute Gasteiger partial charge is 0.462 e. The Morgan fingerprint density at radius 3 is 2.00 bits per heavy atom. The Bertz CT molecular complexity index is 874. The van der Waals surface area contributed by atoms with Crippen LogP contribution in [-0.4, -0.2) is 24.3 Å². The normalized spacial score (nSPS) is 19.1. The first-order valence-electron chi connectivity index (χ1n) is 12.6. The number of carbonyl (C=O) groups excluding carboxylic acids is 1. The summed E-state index contributed by atoms with van der Waals surface area (Å²) in [7, 11) is 0. The van der Waals surface area contributed by atoms with Gasteiger partial charge in [0.1, 0.15) is 6.61 Å². The molecule has 1 unspecified atom stereocenters. The molecule has 2 aromatic rings. The fourth-order valence-corrected chi connectivity index (χ4v) is 4.89. The van der Waals surface area contributed by atoms with E-state index in [1.807, 2.05) is 0 Å². The monoisotopic (exact) mass is 448 g/mol. The summed E-state index contributed by atoms with van der Waals surface area (Å²) in [6.07, 6.45) is 9.97. The number of ether oxygens (including phenoxy) is 1. The van der Waals surface area contributed by atoms with Crippen LogP contribution in [0.1, 0.15) is 98.8 Å². The molecular formula is C30H40O3. The molecule has 0 heterocycles. The van der Waals surface area contributed by atoms with Crippen LogP contribution >= 0.6 is 0 Å². The number of hydrogen-bond donors (Lipinski definition) is 1. The molecule has 0 aromatic heterocycles. The van der Waals surface area contributed by atoms with Crippen molar-refractivity contribution in [3.05, 3.63) is 82.9 Å². The molecule has 3 rings (SSSR count). The van der Waals surface area contributed by atoms with Crippen LogP contribution in [0, 0.1) is 0 Å². The summed E-state index contributed by atoms with van der Waals surface area (Å²) in [6, 6.07) is 17.9. The van der Waals surface area contributed by atoms with Gasteiger partial charge >= 0.3 is 5.97 Å². The maximum atomic E-state index is 11.7. The average molecular weight is 449 g/mol. The molecule has 0 saturated heterocycles. The van der Waals surface area contributed by atoms with Gasteiger partial charge in [-0.05, 0) is 79.5 Å². The van der Waals surface area contributed by atoms with Gasteiger partial charge in [-0.3, -0.25) is 0 Å². The number of aliphatic hydroxyl groups excluding tert-OH is 1. The molecule has 1 N–H and O–H groups in total. The zero-order valence-corrected chi connectivity index (χ0v) is 20.4. The van der Waals surface area contributed by atoms with Gasteiger partial charge < -0.3 is 9.84 Å². The minimum absolute atomic E-state index is 0.0503. The topological polar surface area (TPSA) is 46.5 Å². The van der Waals surface area contributed by atoms with Crippen molar-refractivity contribution < 1.29 is 14.6 Å². The van der Waals surface area contributed by atoms with E-state index in [2.05, 4.69) is 62.0 Å². The predicted molar refractivity (Wildman–Crippen MR) is 136 cm³/mol. The minimum atomic E-state index is -0.409. The molecule has 2 aromatic carbocycles. The first kappa shape index (κ1) is 25.2. The molecule has 0 bridgehead atoms. The Morgan fingerprint density at radius 1 is 0.970 bits per heavy atom. The first-order valence-corrected chi connectivity index (χ1v) is 12.6. The number of benzene rings is 2. The van der Waals surface area contributed by atoms with E-state index in [9.17, 15) is 9.90 Å². The van der Waals surface area contributed by atoms with Crippen molar-refractivity contribution in [2.45, 2.75) is 83.0 Å². The van der Waals surface area contributed by atoms with E-state index in [4.69, 9.17) is 4.74 Å². The van der Waals surface area contributed by atoms with Crippen molar-refractivity contribution in [3.63, 3.8) is 0 Å². The molecule has 1 fully saturated rings. The van der Waals surface area contributed by atoms with Crippen molar-refractivity contribution in [1.29, 1.82) is 0 Å². The Kier molecular flexibility index (Phi) is 9.75. The molecule has 0 amide bonds. The summed E-state index contributed by atoms with van der Waals surface area (Å²) in [5.74, 6) is 0.653. The zero-order chi connectivity index (χ0) is 23.6. The van der Waals surface area contributed by atoms with Crippen LogP contribution in [-0.2, 0) is 16.0 Å². The number of aliphatic hydroxyl groups is 1. The van der Waals surface area contributed by atoms with Crippen molar-refractivity contribution >= 4 is 5.97 Å². The maximum absolute atomic E-state index is 11.7. The van der Waals surface area contributed by atoms with Gasteiger partial charge in [0.25, 0.3) is 0 Å². The molecular weight excluding hydrogens is 408 g/mol. The van der Waals surface area contributed by atoms with Crippen LogP contribution in [0.4, 0.5) is 0 Å². The van der Waals surface area contributed by atoms with E-state index in [0.717, 1.165) is 5.56 Å². The van der Waals surface area contributed by atoms with Crippen molar-refractivity contribution in [1.82, 2.24) is 0 Å². The molecule has 1 atom stereocenters. The predicted octanol–water partition coefficient (Wildman–Crippen LogP) is 7.06. The maximum Gasteiger partial charge on any atom is 0.333 e. The number of unbranched alkanes of at least 4 members (excludes halogenated alkanes) is 2. The van der Waals surface area contributed by atoms with E-state index >= 15 is 0 Å². The van der Waals surface area contributed by atoms with Gasteiger partial charge in [-0.25, -0.2) is 4.79 Å². The molecule has 1 aliphatic carbocycles. The average Bonchev–Trinajstić information content (AvgIpc) is 2.85. The van der Waals surface area contributed by atoms with Crippen molar-refractivity contribution in [2.75, 3.05) is 13.2 Å². The summed E-state index contributed by atoms with van der Waals surface area (Å²) in [6.45, 7) is 7.60. The van der Waals surface area contributed by atoms with Crippen LogP contribution in [0.3, 0.4) is 0 Å². The second kappa shape index (κ2) is 12.7. The lowest BCUT2D eigenvalue weighted by molar-refractivity contribution is -0.139. The fraction of sp³-hybridized carbons (Fsp3) is 0.500.